The van der Waals surface area contributed by atoms with Crippen LogP contribution in [-0.2, 0) is 17.1 Å². The van der Waals surface area contributed by atoms with Crippen LogP contribution in [0.5, 0.6) is 11.5 Å². The van der Waals surface area contributed by atoms with E-state index in [0.717, 1.165) is 18.2 Å². The Morgan fingerprint density at radius 3 is 1.76 bits per heavy atom. The molecule has 0 aliphatic carbocycles. The summed E-state index contributed by atoms with van der Waals surface area (Å²) in [5, 5.41) is 17.4. The number of carboxylic acid groups (broad SMARTS) is 1. The van der Waals surface area contributed by atoms with E-state index >= 15 is 0 Å². The van der Waals surface area contributed by atoms with Crippen LogP contribution in [0.25, 0.3) is 0 Å². The van der Waals surface area contributed by atoms with Crippen molar-refractivity contribution >= 4 is 11.9 Å². The number of aromatic carboxylic acids is 1. The van der Waals surface area contributed by atoms with Gasteiger partial charge in [-0.3, -0.25) is 0 Å². The first-order valence-corrected chi connectivity index (χ1v) is 9.87. The fraction of sp³-hybridized carbons (Fsp3) is 0.364. The highest BCUT2D eigenvalue weighted by Crippen LogP contribution is 2.34. The van der Waals surface area contributed by atoms with Crippen molar-refractivity contribution in [2.75, 3.05) is 13.2 Å². The molecule has 0 amide bonds. The van der Waals surface area contributed by atoms with Crippen LogP contribution in [0.3, 0.4) is 0 Å². The van der Waals surface area contributed by atoms with Gasteiger partial charge in [-0.25, -0.2) is 9.59 Å². The van der Waals surface area contributed by atoms with Crippen molar-refractivity contribution in [1.29, 1.82) is 0 Å². The Balaban J connectivity index is 0.000000362. The van der Waals surface area contributed by atoms with Crippen molar-refractivity contribution in [3.05, 3.63) is 58.7 Å². The average molecular weight is 496 g/mol. The lowest BCUT2D eigenvalue weighted by Gasteiger charge is -2.13. The molecule has 2 aromatic rings. The van der Waals surface area contributed by atoms with Crippen molar-refractivity contribution in [2.45, 2.75) is 39.0 Å². The molecule has 2 aromatic carbocycles. The molecular weight excluding hydrogens is 474 g/mol. The van der Waals surface area contributed by atoms with Crippen molar-refractivity contribution in [3.63, 3.8) is 0 Å². The average Bonchev–Trinajstić information content (AvgIpc) is 2.74. The van der Waals surface area contributed by atoms with E-state index in [2.05, 4.69) is 0 Å². The van der Waals surface area contributed by atoms with E-state index < -0.39 is 46.7 Å². The Morgan fingerprint density at radius 2 is 1.32 bits per heavy atom. The molecule has 2 N–H and O–H groups in total. The molecule has 0 aliphatic heterocycles. The quantitative estimate of drug-likeness (QED) is 0.352. The number of halogens is 6. The van der Waals surface area contributed by atoms with Gasteiger partial charge in [-0.15, -0.1) is 0 Å². The molecule has 0 heterocycles. The molecule has 0 radical (unpaired) electrons. The van der Waals surface area contributed by atoms with E-state index in [0.29, 0.717) is 31.0 Å². The Kier molecular flexibility index (Phi) is 10.2. The zero-order chi connectivity index (χ0) is 26.1. The number of carbonyl (C=O) groups excluding carboxylic acids is 1. The maximum atomic E-state index is 12.7. The highest BCUT2D eigenvalue weighted by atomic mass is 19.4. The third-order valence-corrected chi connectivity index (χ3v) is 3.98. The Labute approximate surface area is 190 Å². The minimum Gasteiger partial charge on any atom is -0.507 e. The summed E-state index contributed by atoms with van der Waals surface area (Å²) < 4.78 is 84.2. The molecule has 0 aromatic heterocycles. The Morgan fingerprint density at radius 1 is 0.824 bits per heavy atom. The summed E-state index contributed by atoms with van der Waals surface area (Å²) in [7, 11) is 0. The number of hydrogen-bond donors (Lipinski definition) is 2. The highest BCUT2D eigenvalue weighted by molar-refractivity contribution is 5.92. The molecule has 0 fully saturated rings. The summed E-state index contributed by atoms with van der Waals surface area (Å²) in [5.74, 6) is -3.14. The molecule has 34 heavy (non-hydrogen) atoms. The summed E-state index contributed by atoms with van der Waals surface area (Å²) >= 11 is 0. The van der Waals surface area contributed by atoms with E-state index in [9.17, 15) is 35.9 Å². The van der Waals surface area contributed by atoms with Crippen LogP contribution in [0.1, 0.15) is 58.5 Å². The van der Waals surface area contributed by atoms with Crippen molar-refractivity contribution < 1.29 is 55.6 Å². The second kappa shape index (κ2) is 12.1. The number of hydrogen-bond acceptors (Lipinski definition) is 5. The minimum atomic E-state index is -4.59. The first kappa shape index (κ1) is 28.6. The topological polar surface area (TPSA) is 93.1 Å². The second-order valence-corrected chi connectivity index (χ2v) is 6.73. The Bertz CT molecular complexity index is 985. The van der Waals surface area contributed by atoms with Crippen LogP contribution in [-0.4, -0.2) is 35.4 Å². The van der Waals surface area contributed by atoms with Crippen LogP contribution in [0.2, 0.25) is 0 Å². The van der Waals surface area contributed by atoms with Crippen LogP contribution < -0.4 is 4.74 Å². The first-order chi connectivity index (χ1) is 15.7. The van der Waals surface area contributed by atoms with Gasteiger partial charge in [0.25, 0.3) is 0 Å². The van der Waals surface area contributed by atoms with Gasteiger partial charge in [0.2, 0.25) is 0 Å². The zero-order valence-electron chi connectivity index (χ0n) is 18.1. The fourth-order valence-corrected chi connectivity index (χ4v) is 2.36. The molecule has 0 saturated heterocycles. The third-order valence-electron chi connectivity index (χ3n) is 3.98. The number of phenols is 1. The van der Waals surface area contributed by atoms with E-state index in [1.165, 1.54) is 0 Å². The normalized spacial score (nSPS) is 11.3. The summed E-state index contributed by atoms with van der Waals surface area (Å²) in [6.07, 6.45) is -7.80. The monoisotopic (exact) mass is 496 g/mol. The summed E-state index contributed by atoms with van der Waals surface area (Å²) in [6, 6.07) is 4.46. The van der Waals surface area contributed by atoms with Crippen LogP contribution in [0.4, 0.5) is 26.3 Å². The largest absolute Gasteiger partial charge is 0.507 e. The van der Waals surface area contributed by atoms with Gasteiger partial charge < -0.3 is 19.7 Å². The molecule has 0 spiro atoms. The molecular formula is C22H22F6O6. The number of carbonyl (C=O) groups is 2. The van der Waals surface area contributed by atoms with Crippen molar-refractivity contribution in [3.8, 4) is 11.5 Å². The van der Waals surface area contributed by atoms with E-state index in [-0.39, 0.29) is 24.5 Å². The van der Waals surface area contributed by atoms with E-state index in [1.807, 2.05) is 13.8 Å². The minimum absolute atomic E-state index is 0.0138. The lowest BCUT2D eigenvalue weighted by Crippen LogP contribution is -2.12. The molecule has 0 saturated carbocycles. The van der Waals surface area contributed by atoms with Crippen LogP contribution >= 0.6 is 0 Å². The predicted molar refractivity (Wildman–Crippen MR) is 108 cm³/mol. The van der Waals surface area contributed by atoms with Gasteiger partial charge in [-0.2, -0.15) is 26.3 Å². The van der Waals surface area contributed by atoms with Gasteiger partial charge in [-0.05, 0) is 49.2 Å². The number of benzene rings is 2. The van der Waals surface area contributed by atoms with Gasteiger partial charge in [0.15, 0.2) is 0 Å². The highest BCUT2D eigenvalue weighted by Gasteiger charge is 2.32. The van der Waals surface area contributed by atoms with Crippen molar-refractivity contribution in [1.82, 2.24) is 0 Å². The van der Waals surface area contributed by atoms with E-state index in [4.69, 9.17) is 19.7 Å². The molecule has 6 nitrogen and oxygen atoms in total. The van der Waals surface area contributed by atoms with Gasteiger partial charge >= 0.3 is 24.3 Å². The molecule has 2 rings (SSSR count). The zero-order valence-corrected chi connectivity index (χ0v) is 18.1. The number of ether oxygens (including phenoxy) is 2. The van der Waals surface area contributed by atoms with Crippen molar-refractivity contribution in [2.24, 2.45) is 0 Å². The number of esters is 1. The number of rotatable bonds is 7. The van der Waals surface area contributed by atoms with E-state index in [1.54, 1.807) is 0 Å². The summed E-state index contributed by atoms with van der Waals surface area (Å²) in [4.78, 5) is 22.1. The molecule has 12 heteroatoms. The summed E-state index contributed by atoms with van der Waals surface area (Å²) in [5.41, 5.74) is -2.48. The predicted octanol–water partition coefficient (Wildman–Crippen LogP) is 6.17. The number of alkyl halides is 6. The van der Waals surface area contributed by atoms with Crippen LogP contribution in [0.15, 0.2) is 36.4 Å². The molecule has 0 bridgehead atoms. The van der Waals surface area contributed by atoms with Crippen LogP contribution in [0, 0.1) is 0 Å². The maximum absolute atomic E-state index is 12.7. The van der Waals surface area contributed by atoms with Gasteiger partial charge in [-0.1, -0.05) is 13.8 Å². The third kappa shape index (κ3) is 8.49. The SMILES string of the molecule is CCCOC(=O)c1ccc(C(F)(F)F)cc1OCCC.O=C(O)c1ccc(C(F)(F)F)cc1O. The lowest BCUT2D eigenvalue weighted by molar-refractivity contribution is -0.138. The number of carboxylic acids is 1. The second-order valence-electron chi connectivity index (χ2n) is 6.73. The fourth-order valence-electron chi connectivity index (χ4n) is 2.36. The standard InChI is InChI=1S/C14H17F3O3.C8H5F3O3/c1-3-7-19-12-9-10(14(15,16)17)5-6-11(12)13(18)20-8-4-2;9-8(10,11)4-1-2-5(7(13)14)6(12)3-4/h5-6,9H,3-4,7-8H2,1-2H3;1-3,12H,(H,13,14). The molecule has 0 aliphatic rings. The Hall–Kier alpha value is -3.44. The van der Waals surface area contributed by atoms with Gasteiger partial charge in [0.1, 0.15) is 22.6 Å². The lowest BCUT2D eigenvalue weighted by atomic mass is 10.1. The van der Waals surface area contributed by atoms with Gasteiger partial charge in [0, 0.05) is 0 Å². The molecule has 0 atom stereocenters. The number of aromatic hydroxyl groups is 1. The summed E-state index contributed by atoms with van der Waals surface area (Å²) in [6.45, 7) is 4.10. The first-order valence-electron chi connectivity index (χ1n) is 9.87. The smallest absolute Gasteiger partial charge is 0.416 e. The molecule has 0 unspecified atom stereocenters. The maximum Gasteiger partial charge on any atom is 0.416 e. The van der Waals surface area contributed by atoms with Gasteiger partial charge in [0.05, 0.1) is 24.3 Å². The molecule has 188 valence electrons.